The van der Waals surface area contributed by atoms with Crippen LogP contribution in [0.1, 0.15) is 0 Å². The number of rotatable bonds is 3. The standard InChI is InChI=1S/C10H13NO3/c1-11(6-12-2)8-3-4-9-10(5-8)14-7-13-9/h3-5H,6-7H2,1-2H3. The largest absolute Gasteiger partial charge is 0.454 e. The molecule has 1 aliphatic heterocycles. The number of ether oxygens (including phenoxy) is 3. The van der Waals surface area contributed by atoms with Crippen molar-refractivity contribution in [2.75, 3.05) is 32.6 Å². The molecule has 14 heavy (non-hydrogen) atoms. The van der Waals surface area contributed by atoms with Crippen LogP contribution < -0.4 is 14.4 Å². The van der Waals surface area contributed by atoms with Crippen molar-refractivity contribution < 1.29 is 14.2 Å². The molecule has 1 aromatic carbocycles. The molecule has 4 nitrogen and oxygen atoms in total. The van der Waals surface area contributed by atoms with Gasteiger partial charge in [0.25, 0.3) is 0 Å². The Balaban J connectivity index is 2.19. The van der Waals surface area contributed by atoms with Crippen LogP contribution in [0.15, 0.2) is 18.2 Å². The zero-order valence-corrected chi connectivity index (χ0v) is 8.32. The van der Waals surface area contributed by atoms with Crippen molar-refractivity contribution in [3.63, 3.8) is 0 Å². The molecule has 0 N–H and O–H groups in total. The Kier molecular flexibility index (Phi) is 2.45. The summed E-state index contributed by atoms with van der Waals surface area (Å²) in [5, 5.41) is 0. The highest BCUT2D eigenvalue weighted by atomic mass is 16.7. The van der Waals surface area contributed by atoms with Crippen LogP contribution >= 0.6 is 0 Å². The van der Waals surface area contributed by atoms with Crippen molar-refractivity contribution in [1.29, 1.82) is 0 Å². The van der Waals surface area contributed by atoms with Gasteiger partial charge in [0.05, 0.1) is 0 Å². The summed E-state index contributed by atoms with van der Waals surface area (Å²) in [6.07, 6.45) is 0. The average molecular weight is 195 g/mol. The van der Waals surface area contributed by atoms with E-state index in [2.05, 4.69) is 0 Å². The second-order valence-electron chi connectivity index (χ2n) is 3.15. The van der Waals surface area contributed by atoms with Crippen molar-refractivity contribution in [3.05, 3.63) is 18.2 Å². The van der Waals surface area contributed by atoms with Gasteiger partial charge in [-0.15, -0.1) is 0 Å². The number of fused-ring (bicyclic) bond motifs is 1. The van der Waals surface area contributed by atoms with Gasteiger partial charge >= 0.3 is 0 Å². The number of benzene rings is 1. The Hall–Kier alpha value is -1.42. The molecule has 0 amide bonds. The summed E-state index contributed by atoms with van der Waals surface area (Å²) in [7, 11) is 3.63. The fourth-order valence-corrected chi connectivity index (χ4v) is 1.39. The summed E-state index contributed by atoms with van der Waals surface area (Å²) in [6.45, 7) is 0.867. The van der Waals surface area contributed by atoms with Gasteiger partial charge in [-0.2, -0.15) is 0 Å². The predicted octanol–water partition coefficient (Wildman–Crippen LogP) is 1.46. The van der Waals surface area contributed by atoms with Crippen LogP contribution in [-0.2, 0) is 4.74 Å². The molecule has 0 spiro atoms. The molecule has 0 bridgehead atoms. The lowest BCUT2D eigenvalue weighted by atomic mass is 10.2. The first-order valence-electron chi connectivity index (χ1n) is 4.41. The van der Waals surface area contributed by atoms with Gasteiger partial charge in [0, 0.05) is 25.9 Å². The van der Waals surface area contributed by atoms with Crippen molar-refractivity contribution in [1.82, 2.24) is 0 Å². The summed E-state index contributed by atoms with van der Waals surface area (Å²) in [5.74, 6) is 1.60. The van der Waals surface area contributed by atoms with E-state index in [4.69, 9.17) is 14.2 Å². The molecule has 2 rings (SSSR count). The molecular formula is C10H13NO3. The predicted molar refractivity (Wildman–Crippen MR) is 52.8 cm³/mol. The molecule has 1 heterocycles. The molecule has 0 aliphatic carbocycles. The normalized spacial score (nSPS) is 13.0. The second kappa shape index (κ2) is 3.75. The van der Waals surface area contributed by atoms with Gasteiger partial charge in [-0.3, -0.25) is 0 Å². The smallest absolute Gasteiger partial charge is 0.231 e. The van der Waals surface area contributed by atoms with E-state index in [9.17, 15) is 0 Å². The highest BCUT2D eigenvalue weighted by molar-refractivity contribution is 5.56. The van der Waals surface area contributed by atoms with Gasteiger partial charge in [0.15, 0.2) is 11.5 Å². The lowest BCUT2D eigenvalue weighted by Crippen LogP contribution is -2.19. The SMILES string of the molecule is COCN(C)c1ccc2c(c1)OCO2. The van der Waals surface area contributed by atoms with Gasteiger partial charge in [0.1, 0.15) is 6.73 Å². The van der Waals surface area contributed by atoms with Crippen LogP contribution in [0.5, 0.6) is 11.5 Å². The molecule has 1 aromatic rings. The molecule has 0 unspecified atom stereocenters. The molecule has 76 valence electrons. The Labute approximate surface area is 83.0 Å². The molecule has 0 saturated heterocycles. The van der Waals surface area contributed by atoms with E-state index in [1.165, 1.54) is 0 Å². The highest BCUT2D eigenvalue weighted by Crippen LogP contribution is 2.35. The van der Waals surface area contributed by atoms with Gasteiger partial charge in [-0.25, -0.2) is 0 Å². The van der Waals surface area contributed by atoms with E-state index >= 15 is 0 Å². The van der Waals surface area contributed by atoms with Crippen molar-refractivity contribution in [3.8, 4) is 11.5 Å². The second-order valence-corrected chi connectivity index (χ2v) is 3.15. The number of nitrogens with zero attached hydrogens (tertiary/aromatic N) is 1. The maximum Gasteiger partial charge on any atom is 0.231 e. The van der Waals surface area contributed by atoms with Crippen molar-refractivity contribution in [2.45, 2.75) is 0 Å². The Morgan fingerprint density at radius 3 is 2.93 bits per heavy atom. The summed E-state index contributed by atoms with van der Waals surface area (Å²) in [4.78, 5) is 1.99. The monoisotopic (exact) mass is 195 g/mol. The molecule has 4 heteroatoms. The molecule has 0 saturated carbocycles. The number of anilines is 1. The van der Waals surface area contributed by atoms with Crippen molar-refractivity contribution in [2.24, 2.45) is 0 Å². The molecule has 1 aliphatic rings. The maximum atomic E-state index is 5.28. The van der Waals surface area contributed by atoms with Crippen LogP contribution in [0.4, 0.5) is 5.69 Å². The summed E-state index contributed by atoms with van der Waals surface area (Å²) < 4.78 is 15.5. The van der Waals surface area contributed by atoms with Crippen LogP contribution in [0.2, 0.25) is 0 Å². The third-order valence-electron chi connectivity index (χ3n) is 2.12. The quantitative estimate of drug-likeness (QED) is 0.683. The Bertz CT molecular complexity index is 327. The van der Waals surface area contributed by atoms with Crippen LogP contribution in [0, 0.1) is 0 Å². The first-order chi connectivity index (χ1) is 6.81. The van der Waals surface area contributed by atoms with E-state index in [0.29, 0.717) is 13.5 Å². The Morgan fingerprint density at radius 1 is 1.36 bits per heavy atom. The zero-order valence-electron chi connectivity index (χ0n) is 8.32. The van der Waals surface area contributed by atoms with Gasteiger partial charge in [-0.05, 0) is 12.1 Å². The third-order valence-corrected chi connectivity index (χ3v) is 2.12. The van der Waals surface area contributed by atoms with E-state index in [-0.39, 0.29) is 0 Å². The first kappa shape index (κ1) is 9.15. The first-order valence-corrected chi connectivity index (χ1v) is 4.41. The van der Waals surface area contributed by atoms with E-state index in [1.54, 1.807) is 7.11 Å². The molecule has 0 radical (unpaired) electrons. The van der Waals surface area contributed by atoms with E-state index in [0.717, 1.165) is 17.2 Å². The van der Waals surface area contributed by atoms with Crippen molar-refractivity contribution >= 4 is 5.69 Å². The fraction of sp³-hybridized carbons (Fsp3) is 0.400. The minimum atomic E-state index is 0.312. The number of hydrogen-bond donors (Lipinski definition) is 0. The van der Waals surface area contributed by atoms with Crippen LogP contribution in [-0.4, -0.2) is 27.7 Å². The highest BCUT2D eigenvalue weighted by Gasteiger charge is 2.14. The van der Waals surface area contributed by atoms with Gasteiger partial charge < -0.3 is 19.1 Å². The molecule has 0 fully saturated rings. The summed E-state index contributed by atoms with van der Waals surface area (Å²) >= 11 is 0. The fourth-order valence-electron chi connectivity index (χ4n) is 1.39. The van der Waals surface area contributed by atoms with Gasteiger partial charge in [-0.1, -0.05) is 0 Å². The topological polar surface area (TPSA) is 30.9 Å². The average Bonchev–Trinajstić information content (AvgIpc) is 2.64. The summed E-state index contributed by atoms with van der Waals surface area (Å²) in [5.41, 5.74) is 1.05. The molecular weight excluding hydrogens is 182 g/mol. The minimum Gasteiger partial charge on any atom is -0.454 e. The van der Waals surface area contributed by atoms with E-state index < -0.39 is 0 Å². The zero-order chi connectivity index (χ0) is 9.97. The molecule has 0 aromatic heterocycles. The summed E-state index contributed by atoms with van der Waals surface area (Å²) in [6, 6.07) is 5.83. The molecule has 0 atom stereocenters. The minimum absolute atomic E-state index is 0.312. The van der Waals surface area contributed by atoms with Crippen LogP contribution in [0.3, 0.4) is 0 Å². The van der Waals surface area contributed by atoms with Crippen LogP contribution in [0.25, 0.3) is 0 Å². The Morgan fingerprint density at radius 2 is 2.14 bits per heavy atom. The number of methoxy groups -OCH3 is 1. The lowest BCUT2D eigenvalue weighted by Gasteiger charge is -2.17. The lowest BCUT2D eigenvalue weighted by molar-refractivity contribution is 0.174. The maximum absolute atomic E-state index is 5.28. The van der Waals surface area contributed by atoms with Gasteiger partial charge in [0.2, 0.25) is 6.79 Å². The third kappa shape index (κ3) is 1.61. The number of hydrogen-bond acceptors (Lipinski definition) is 4. The van der Waals surface area contributed by atoms with E-state index in [1.807, 2.05) is 30.1 Å².